The second-order valence-electron chi connectivity index (χ2n) is 8.41. The van der Waals surface area contributed by atoms with Crippen LogP contribution in [0.2, 0.25) is 0 Å². The van der Waals surface area contributed by atoms with Gasteiger partial charge in [-0.15, -0.1) is 0 Å². The number of rotatable bonds is 2. The average Bonchev–Trinajstić information content (AvgIpc) is 2.60. The van der Waals surface area contributed by atoms with Crippen molar-refractivity contribution in [2.45, 2.75) is 46.0 Å². The minimum atomic E-state index is -0.180. The Morgan fingerprint density at radius 2 is 1.81 bits per heavy atom. The summed E-state index contributed by atoms with van der Waals surface area (Å²) in [5.41, 5.74) is 4.47. The molecule has 1 aromatic carbocycles. The molecule has 1 unspecified atom stereocenters. The van der Waals surface area contributed by atoms with Crippen LogP contribution in [0.3, 0.4) is 0 Å². The summed E-state index contributed by atoms with van der Waals surface area (Å²) in [4.78, 5) is 32.3. The van der Waals surface area contributed by atoms with Gasteiger partial charge in [0, 0.05) is 48.1 Å². The lowest BCUT2D eigenvalue weighted by molar-refractivity contribution is -0.121. The first kappa shape index (κ1) is 17.7. The van der Waals surface area contributed by atoms with Gasteiger partial charge in [-0.1, -0.05) is 26.0 Å². The van der Waals surface area contributed by atoms with Gasteiger partial charge in [-0.2, -0.15) is 0 Å². The lowest BCUT2D eigenvalue weighted by Gasteiger charge is -2.43. The molecule has 2 aromatic rings. The SMILES string of the molecule is Cc1cccc(N2C(=O)CC(c3ccncc3)C3=C2CC(C)(C)CC3=O)c1. The zero-order valence-corrected chi connectivity index (χ0v) is 16.0. The third kappa shape index (κ3) is 3.20. The number of anilines is 1. The molecule has 0 radical (unpaired) electrons. The van der Waals surface area contributed by atoms with Crippen molar-refractivity contribution < 1.29 is 9.59 Å². The quantitative estimate of drug-likeness (QED) is 0.789. The Balaban J connectivity index is 1.91. The number of carbonyl (C=O) groups excluding carboxylic acids is 2. The second-order valence-corrected chi connectivity index (χ2v) is 8.41. The lowest BCUT2D eigenvalue weighted by atomic mass is 9.69. The highest BCUT2D eigenvalue weighted by molar-refractivity contribution is 6.07. The molecule has 1 aliphatic carbocycles. The maximum Gasteiger partial charge on any atom is 0.232 e. The molecule has 27 heavy (non-hydrogen) atoms. The van der Waals surface area contributed by atoms with Crippen LogP contribution in [0.25, 0.3) is 0 Å². The van der Waals surface area contributed by atoms with E-state index in [0.717, 1.165) is 34.5 Å². The summed E-state index contributed by atoms with van der Waals surface area (Å²) in [6.45, 7) is 6.22. The Morgan fingerprint density at radius 3 is 2.52 bits per heavy atom. The van der Waals surface area contributed by atoms with E-state index in [4.69, 9.17) is 0 Å². The Morgan fingerprint density at radius 1 is 1.07 bits per heavy atom. The zero-order chi connectivity index (χ0) is 19.2. The smallest absolute Gasteiger partial charge is 0.232 e. The van der Waals surface area contributed by atoms with Gasteiger partial charge in [-0.25, -0.2) is 0 Å². The van der Waals surface area contributed by atoms with Gasteiger partial charge in [0.1, 0.15) is 0 Å². The molecule has 0 fully saturated rings. The first-order chi connectivity index (χ1) is 12.9. The topological polar surface area (TPSA) is 50.3 Å². The normalized spacial score (nSPS) is 22.0. The van der Waals surface area contributed by atoms with Crippen LogP contribution in [0.15, 0.2) is 60.1 Å². The van der Waals surface area contributed by atoms with E-state index in [1.165, 1.54) is 0 Å². The molecule has 1 amide bonds. The molecule has 0 saturated carbocycles. The van der Waals surface area contributed by atoms with Gasteiger partial charge in [0.05, 0.1) is 0 Å². The molecule has 4 heteroatoms. The molecule has 2 aliphatic rings. The van der Waals surface area contributed by atoms with Gasteiger partial charge >= 0.3 is 0 Å². The number of aromatic nitrogens is 1. The number of Topliss-reactive ketones (excluding diaryl/α,β-unsaturated/α-hetero) is 1. The summed E-state index contributed by atoms with van der Waals surface area (Å²) >= 11 is 0. The van der Waals surface area contributed by atoms with E-state index >= 15 is 0 Å². The van der Waals surface area contributed by atoms with Gasteiger partial charge in [0.25, 0.3) is 0 Å². The van der Waals surface area contributed by atoms with Gasteiger partial charge in [0.15, 0.2) is 5.78 Å². The Bertz CT molecular complexity index is 944. The van der Waals surface area contributed by atoms with E-state index in [2.05, 4.69) is 18.8 Å². The minimum Gasteiger partial charge on any atom is -0.294 e. The van der Waals surface area contributed by atoms with E-state index in [1.54, 1.807) is 17.3 Å². The number of ketones is 1. The Labute approximate surface area is 159 Å². The van der Waals surface area contributed by atoms with Gasteiger partial charge < -0.3 is 0 Å². The van der Waals surface area contributed by atoms with E-state index in [1.807, 2.05) is 43.3 Å². The number of aryl methyl sites for hydroxylation is 1. The first-order valence-corrected chi connectivity index (χ1v) is 9.41. The van der Waals surface area contributed by atoms with Crippen LogP contribution in [-0.4, -0.2) is 16.7 Å². The highest BCUT2D eigenvalue weighted by Crippen LogP contribution is 2.48. The van der Waals surface area contributed by atoms with Crippen molar-refractivity contribution in [1.82, 2.24) is 4.98 Å². The summed E-state index contributed by atoms with van der Waals surface area (Å²) in [6.07, 6.45) is 5.00. The molecule has 2 heterocycles. The fraction of sp³-hybridized carbons (Fsp3) is 0.348. The minimum absolute atomic E-state index is 0.0478. The van der Waals surface area contributed by atoms with E-state index in [0.29, 0.717) is 12.8 Å². The van der Waals surface area contributed by atoms with E-state index < -0.39 is 0 Å². The summed E-state index contributed by atoms with van der Waals surface area (Å²) in [5, 5.41) is 0. The maximum atomic E-state index is 13.2. The molecular formula is C23H24N2O2. The highest BCUT2D eigenvalue weighted by atomic mass is 16.2. The van der Waals surface area contributed by atoms with Crippen LogP contribution in [0.4, 0.5) is 5.69 Å². The van der Waals surface area contributed by atoms with Crippen LogP contribution < -0.4 is 4.90 Å². The third-order valence-electron chi connectivity index (χ3n) is 5.51. The molecule has 1 aromatic heterocycles. The third-order valence-corrected chi connectivity index (χ3v) is 5.51. The number of benzene rings is 1. The van der Waals surface area contributed by atoms with Crippen molar-refractivity contribution >= 4 is 17.4 Å². The second kappa shape index (κ2) is 6.45. The van der Waals surface area contributed by atoms with Crippen molar-refractivity contribution in [3.05, 3.63) is 71.2 Å². The Hall–Kier alpha value is -2.75. The number of carbonyl (C=O) groups is 2. The van der Waals surface area contributed by atoms with Crippen LogP contribution >= 0.6 is 0 Å². The molecule has 4 rings (SSSR count). The standard InChI is InChI=1S/C23H24N2O2/c1-15-5-4-6-17(11-15)25-19-13-23(2,3)14-20(26)22(19)18(12-21(25)27)16-7-9-24-10-8-16/h4-11,18H,12-14H2,1-3H3. The molecule has 0 bridgehead atoms. The number of amides is 1. The molecule has 0 saturated heterocycles. The van der Waals surface area contributed by atoms with E-state index in [9.17, 15) is 9.59 Å². The van der Waals surface area contributed by atoms with Crippen molar-refractivity contribution in [2.24, 2.45) is 5.41 Å². The van der Waals surface area contributed by atoms with Gasteiger partial charge in [-0.3, -0.25) is 19.5 Å². The highest BCUT2D eigenvalue weighted by Gasteiger charge is 2.44. The fourth-order valence-corrected chi connectivity index (χ4v) is 4.36. The van der Waals surface area contributed by atoms with Crippen molar-refractivity contribution in [3.8, 4) is 0 Å². The van der Waals surface area contributed by atoms with Crippen molar-refractivity contribution in [1.29, 1.82) is 0 Å². The number of nitrogens with zero attached hydrogens (tertiary/aromatic N) is 2. The molecule has 4 nitrogen and oxygen atoms in total. The summed E-state index contributed by atoms with van der Waals surface area (Å²) in [7, 11) is 0. The maximum absolute atomic E-state index is 13.2. The number of hydrogen-bond acceptors (Lipinski definition) is 3. The van der Waals surface area contributed by atoms with Crippen LogP contribution in [0.1, 0.15) is 50.2 Å². The molecule has 0 N–H and O–H groups in total. The molecule has 138 valence electrons. The Kier molecular flexibility index (Phi) is 4.22. The number of allylic oxidation sites excluding steroid dienone is 2. The monoisotopic (exact) mass is 360 g/mol. The van der Waals surface area contributed by atoms with Crippen molar-refractivity contribution in [3.63, 3.8) is 0 Å². The largest absolute Gasteiger partial charge is 0.294 e. The molecule has 1 atom stereocenters. The number of hydrogen-bond donors (Lipinski definition) is 0. The number of pyridine rings is 1. The van der Waals surface area contributed by atoms with Crippen LogP contribution in [0, 0.1) is 12.3 Å². The van der Waals surface area contributed by atoms with E-state index in [-0.39, 0.29) is 23.0 Å². The lowest BCUT2D eigenvalue weighted by Crippen LogP contribution is -2.43. The molecule has 0 spiro atoms. The summed E-state index contributed by atoms with van der Waals surface area (Å²) in [5.74, 6) is 0.0278. The predicted octanol–water partition coefficient (Wildman–Crippen LogP) is 4.55. The fourth-order valence-electron chi connectivity index (χ4n) is 4.36. The van der Waals surface area contributed by atoms with Crippen LogP contribution in [0.5, 0.6) is 0 Å². The average molecular weight is 360 g/mol. The summed E-state index contributed by atoms with van der Waals surface area (Å²) in [6, 6.07) is 11.8. The van der Waals surface area contributed by atoms with Gasteiger partial charge in [-0.05, 0) is 54.2 Å². The summed E-state index contributed by atoms with van der Waals surface area (Å²) < 4.78 is 0. The van der Waals surface area contributed by atoms with Crippen molar-refractivity contribution in [2.75, 3.05) is 4.90 Å². The van der Waals surface area contributed by atoms with Crippen LogP contribution in [-0.2, 0) is 9.59 Å². The first-order valence-electron chi connectivity index (χ1n) is 9.41. The molecular weight excluding hydrogens is 336 g/mol. The predicted molar refractivity (Wildman–Crippen MR) is 105 cm³/mol. The molecule has 1 aliphatic heterocycles. The zero-order valence-electron chi connectivity index (χ0n) is 16.0. The van der Waals surface area contributed by atoms with Gasteiger partial charge in [0.2, 0.25) is 5.91 Å².